The van der Waals surface area contributed by atoms with Crippen LogP contribution in [0.3, 0.4) is 0 Å². The first-order valence-electron chi connectivity index (χ1n) is 7.82. The molecule has 0 unspecified atom stereocenters. The van der Waals surface area contributed by atoms with Crippen molar-refractivity contribution in [2.45, 2.75) is 51.6 Å². The van der Waals surface area contributed by atoms with Crippen molar-refractivity contribution in [1.29, 1.82) is 0 Å². The lowest BCUT2D eigenvalue weighted by Crippen LogP contribution is -2.33. The van der Waals surface area contributed by atoms with Crippen molar-refractivity contribution in [3.8, 4) is 0 Å². The molecular formula is C17H27N3O. The first-order chi connectivity index (χ1) is 9.92. The number of nitrogens with zero attached hydrogens (tertiary/aromatic N) is 1. The zero-order valence-corrected chi connectivity index (χ0v) is 13.2. The molecule has 0 aliphatic carbocycles. The zero-order chi connectivity index (χ0) is 15.3. The van der Waals surface area contributed by atoms with E-state index in [0.717, 1.165) is 12.2 Å². The summed E-state index contributed by atoms with van der Waals surface area (Å²) in [4.78, 5) is 14.3. The van der Waals surface area contributed by atoms with Gasteiger partial charge in [0.1, 0.15) is 0 Å². The van der Waals surface area contributed by atoms with Gasteiger partial charge in [-0.2, -0.15) is 0 Å². The van der Waals surface area contributed by atoms with Crippen LogP contribution in [0.5, 0.6) is 0 Å². The molecule has 2 rings (SSSR count). The third kappa shape index (κ3) is 5.86. The standard InChI is InChI=1S/C17H27N3O/c1-17(2,18)10-9-16(21)19-15-7-5-14(6-8-15)13-20-11-3-4-12-20/h5-8H,3-4,9-13,18H2,1-2H3,(H,19,21). The highest BCUT2D eigenvalue weighted by Gasteiger charge is 2.14. The molecule has 3 N–H and O–H groups in total. The largest absolute Gasteiger partial charge is 0.326 e. The Hall–Kier alpha value is -1.39. The molecule has 1 saturated heterocycles. The van der Waals surface area contributed by atoms with E-state index >= 15 is 0 Å². The number of amides is 1. The lowest BCUT2D eigenvalue weighted by molar-refractivity contribution is -0.116. The van der Waals surface area contributed by atoms with Crippen molar-refractivity contribution in [2.24, 2.45) is 5.73 Å². The molecule has 1 fully saturated rings. The molecule has 0 radical (unpaired) electrons. The van der Waals surface area contributed by atoms with Gasteiger partial charge in [0.15, 0.2) is 0 Å². The summed E-state index contributed by atoms with van der Waals surface area (Å²) in [5.74, 6) is 0.0285. The monoisotopic (exact) mass is 289 g/mol. The number of hydrogen-bond acceptors (Lipinski definition) is 3. The van der Waals surface area contributed by atoms with Crippen LogP contribution in [0.25, 0.3) is 0 Å². The van der Waals surface area contributed by atoms with Crippen LogP contribution in [0.1, 0.15) is 45.1 Å². The fraction of sp³-hybridized carbons (Fsp3) is 0.588. The number of carbonyl (C=O) groups is 1. The van der Waals surface area contributed by atoms with Crippen LogP contribution < -0.4 is 11.1 Å². The Balaban J connectivity index is 1.80. The highest BCUT2D eigenvalue weighted by atomic mass is 16.1. The minimum Gasteiger partial charge on any atom is -0.326 e. The molecule has 0 atom stereocenters. The number of hydrogen-bond donors (Lipinski definition) is 2. The van der Waals surface area contributed by atoms with Gasteiger partial charge >= 0.3 is 0 Å². The second-order valence-corrected chi connectivity index (χ2v) is 6.72. The molecule has 0 saturated carbocycles. The van der Waals surface area contributed by atoms with Crippen LogP contribution >= 0.6 is 0 Å². The van der Waals surface area contributed by atoms with Crippen LogP contribution in [0.15, 0.2) is 24.3 Å². The van der Waals surface area contributed by atoms with Gasteiger partial charge < -0.3 is 11.1 Å². The van der Waals surface area contributed by atoms with Crippen molar-refractivity contribution >= 4 is 11.6 Å². The van der Waals surface area contributed by atoms with Crippen LogP contribution in [0.2, 0.25) is 0 Å². The number of anilines is 1. The van der Waals surface area contributed by atoms with E-state index in [1.165, 1.54) is 31.5 Å². The van der Waals surface area contributed by atoms with E-state index in [1.807, 2.05) is 26.0 Å². The number of nitrogens with one attached hydrogen (secondary N) is 1. The summed E-state index contributed by atoms with van der Waals surface area (Å²) in [6.45, 7) is 7.29. The Morgan fingerprint density at radius 3 is 2.43 bits per heavy atom. The number of carbonyl (C=O) groups excluding carboxylic acids is 1. The maximum Gasteiger partial charge on any atom is 0.224 e. The third-order valence-corrected chi connectivity index (χ3v) is 3.84. The second kappa shape index (κ2) is 7.05. The predicted molar refractivity (Wildman–Crippen MR) is 87.1 cm³/mol. The molecule has 1 heterocycles. The van der Waals surface area contributed by atoms with E-state index in [1.54, 1.807) is 0 Å². The van der Waals surface area contributed by atoms with Crippen LogP contribution in [-0.2, 0) is 11.3 Å². The molecule has 1 aromatic carbocycles. The topological polar surface area (TPSA) is 58.4 Å². The first-order valence-corrected chi connectivity index (χ1v) is 7.82. The first kappa shape index (κ1) is 16.0. The second-order valence-electron chi connectivity index (χ2n) is 6.72. The van der Waals surface area contributed by atoms with Crippen LogP contribution in [0.4, 0.5) is 5.69 Å². The minimum absolute atomic E-state index is 0.0285. The van der Waals surface area contributed by atoms with Gasteiger partial charge in [-0.05, 0) is 63.9 Å². The number of rotatable bonds is 6. The average molecular weight is 289 g/mol. The van der Waals surface area contributed by atoms with Crippen molar-refractivity contribution in [2.75, 3.05) is 18.4 Å². The Morgan fingerprint density at radius 2 is 1.86 bits per heavy atom. The zero-order valence-electron chi connectivity index (χ0n) is 13.2. The van der Waals surface area contributed by atoms with Gasteiger partial charge in [-0.15, -0.1) is 0 Å². The highest BCUT2D eigenvalue weighted by Crippen LogP contribution is 2.16. The lowest BCUT2D eigenvalue weighted by Gasteiger charge is -2.17. The molecule has 21 heavy (non-hydrogen) atoms. The molecule has 116 valence electrons. The fourth-order valence-electron chi connectivity index (χ4n) is 2.55. The van der Waals surface area contributed by atoms with Crippen molar-refractivity contribution in [3.05, 3.63) is 29.8 Å². The number of nitrogens with two attached hydrogens (primary N) is 1. The maximum atomic E-state index is 11.8. The lowest BCUT2D eigenvalue weighted by atomic mass is 10.00. The Bertz CT molecular complexity index is 456. The van der Waals surface area contributed by atoms with Gasteiger partial charge in [0.25, 0.3) is 0 Å². The summed E-state index contributed by atoms with van der Waals surface area (Å²) in [5.41, 5.74) is 7.76. The molecule has 1 aliphatic heterocycles. The summed E-state index contributed by atoms with van der Waals surface area (Å²) >= 11 is 0. The van der Waals surface area contributed by atoms with E-state index in [9.17, 15) is 4.79 Å². The van der Waals surface area contributed by atoms with Gasteiger partial charge in [-0.1, -0.05) is 12.1 Å². The maximum absolute atomic E-state index is 11.8. The molecule has 4 nitrogen and oxygen atoms in total. The van der Waals surface area contributed by atoms with E-state index in [-0.39, 0.29) is 11.4 Å². The summed E-state index contributed by atoms with van der Waals surface area (Å²) in [7, 11) is 0. The Labute approximate surface area is 127 Å². The summed E-state index contributed by atoms with van der Waals surface area (Å²) < 4.78 is 0. The smallest absolute Gasteiger partial charge is 0.224 e. The van der Waals surface area contributed by atoms with Gasteiger partial charge in [-0.25, -0.2) is 0 Å². The quantitative estimate of drug-likeness (QED) is 0.846. The van der Waals surface area contributed by atoms with Crippen molar-refractivity contribution < 1.29 is 4.79 Å². The van der Waals surface area contributed by atoms with Crippen LogP contribution in [-0.4, -0.2) is 29.4 Å². The summed E-state index contributed by atoms with van der Waals surface area (Å²) in [6.07, 6.45) is 3.77. The van der Waals surface area contributed by atoms with E-state index < -0.39 is 0 Å². The Kier molecular flexibility index (Phi) is 5.37. The average Bonchev–Trinajstić information content (AvgIpc) is 2.91. The van der Waals surface area contributed by atoms with Crippen molar-refractivity contribution in [1.82, 2.24) is 4.90 Å². The molecule has 1 aromatic rings. The summed E-state index contributed by atoms with van der Waals surface area (Å²) in [6, 6.07) is 8.16. The molecule has 0 spiro atoms. The van der Waals surface area contributed by atoms with Gasteiger partial charge in [0, 0.05) is 24.2 Å². The van der Waals surface area contributed by atoms with Gasteiger partial charge in [0.05, 0.1) is 0 Å². The predicted octanol–water partition coefficient (Wildman–Crippen LogP) is 2.74. The van der Waals surface area contributed by atoms with Gasteiger partial charge in [0.2, 0.25) is 5.91 Å². The number of likely N-dealkylation sites (tertiary alicyclic amines) is 1. The Morgan fingerprint density at radius 1 is 1.24 bits per heavy atom. The summed E-state index contributed by atoms with van der Waals surface area (Å²) in [5, 5.41) is 2.93. The number of benzene rings is 1. The van der Waals surface area contributed by atoms with Crippen molar-refractivity contribution in [3.63, 3.8) is 0 Å². The van der Waals surface area contributed by atoms with E-state index in [4.69, 9.17) is 5.73 Å². The van der Waals surface area contributed by atoms with Crippen LogP contribution in [0, 0.1) is 0 Å². The molecule has 1 aliphatic rings. The highest BCUT2D eigenvalue weighted by molar-refractivity contribution is 5.90. The molecule has 1 amide bonds. The van der Waals surface area contributed by atoms with E-state index in [2.05, 4.69) is 22.3 Å². The normalized spacial score (nSPS) is 16.1. The SMILES string of the molecule is CC(C)(N)CCC(=O)Nc1ccc(CN2CCCC2)cc1. The molecular weight excluding hydrogens is 262 g/mol. The van der Waals surface area contributed by atoms with Gasteiger partial charge in [-0.3, -0.25) is 9.69 Å². The molecule has 4 heteroatoms. The minimum atomic E-state index is -0.295. The fourth-order valence-corrected chi connectivity index (χ4v) is 2.55. The van der Waals surface area contributed by atoms with E-state index in [0.29, 0.717) is 12.8 Å². The molecule has 0 aromatic heterocycles. The molecule has 0 bridgehead atoms. The third-order valence-electron chi connectivity index (χ3n) is 3.84.